The highest BCUT2D eigenvalue weighted by Gasteiger charge is 2.10. The number of benzene rings is 2. The first-order valence-electron chi connectivity index (χ1n) is 11.5. The summed E-state index contributed by atoms with van der Waals surface area (Å²) in [5.41, 5.74) is 10.2. The van der Waals surface area contributed by atoms with Crippen LogP contribution in [0.5, 0.6) is 0 Å². The van der Waals surface area contributed by atoms with Crippen LogP contribution in [0, 0.1) is 13.8 Å². The van der Waals surface area contributed by atoms with Gasteiger partial charge in [-0.3, -0.25) is 9.79 Å². The molecular weight excluding hydrogens is 406 g/mol. The Morgan fingerprint density at radius 2 is 1.76 bits per heavy atom. The lowest BCUT2D eigenvalue weighted by Crippen LogP contribution is -2.11. The van der Waals surface area contributed by atoms with E-state index < -0.39 is 0 Å². The molecule has 0 saturated carbocycles. The lowest BCUT2D eigenvalue weighted by Gasteiger charge is -2.15. The van der Waals surface area contributed by atoms with E-state index in [1.165, 1.54) is 5.56 Å². The van der Waals surface area contributed by atoms with Gasteiger partial charge in [-0.15, -0.1) is 0 Å². The third-order valence-electron chi connectivity index (χ3n) is 5.69. The van der Waals surface area contributed by atoms with Gasteiger partial charge in [0.1, 0.15) is 0 Å². The number of anilines is 2. The van der Waals surface area contributed by atoms with Crippen LogP contribution in [0.3, 0.4) is 0 Å². The predicted molar refractivity (Wildman–Crippen MR) is 144 cm³/mol. The summed E-state index contributed by atoms with van der Waals surface area (Å²) in [6.45, 7) is 14.1. The Morgan fingerprint density at radius 1 is 1.03 bits per heavy atom. The van der Waals surface area contributed by atoms with Crippen LogP contribution in [0.4, 0.5) is 11.4 Å². The molecule has 4 heteroatoms. The topological polar surface area (TPSA) is 53.5 Å². The molecule has 174 valence electrons. The molecule has 33 heavy (non-hydrogen) atoms. The second kappa shape index (κ2) is 12.0. The fourth-order valence-electron chi connectivity index (χ4n) is 3.72. The zero-order chi connectivity index (χ0) is 24.5. The third-order valence-corrected chi connectivity index (χ3v) is 5.69. The van der Waals surface area contributed by atoms with E-state index in [-0.39, 0.29) is 5.78 Å². The largest absolute Gasteiger partial charge is 0.388 e. The lowest BCUT2D eigenvalue weighted by molar-refractivity contribution is 0.0987. The predicted octanol–water partition coefficient (Wildman–Crippen LogP) is 7.72. The van der Waals surface area contributed by atoms with Crippen LogP contribution in [0.2, 0.25) is 0 Å². The second-order valence-electron chi connectivity index (χ2n) is 8.30. The highest BCUT2D eigenvalue weighted by atomic mass is 16.1. The number of ketones is 1. The van der Waals surface area contributed by atoms with Gasteiger partial charge in [-0.25, -0.2) is 0 Å². The van der Waals surface area contributed by atoms with Crippen LogP contribution in [0.25, 0.3) is 5.57 Å². The van der Waals surface area contributed by atoms with Gasteiger partial charge in [0.2, 0.25) is 0 Å². The normalized spacial score (nSPS) is 13.2. The van der Waals surface area contributed by atoms with Crippen molar-refractivity contribution < 1.29 is 4.79 Å². The number of nitrogens with one attached hydrogen (secondary N) is 2. The summed E-state index contributed by atoms with van der Waals surface area (Å²) in [6, 6.07) is 12.3. The van der Waals surface area contributed by atoms with E-state index in [9.17, 15) is 4.79 Å². The molecule has 0 aliphatic rings. The van der Waals surface area contributed by atoms with Crippen molar-refractivity contribution in [1.82, 2.24) is 0 Å². The van der Waals surface area contributed by atoms with E-state index in [2.05, 4.69) is 55.7 Å². The molecule has 0 aliphatic carbocycles. The maximum Gasteiger partial charge on any atom is 0.162 e. The van der Waals surface area contributed by atoms with Gasteiger partial charge in [-0.05, 0) is 99.7 Å². The molecule has 0 atom stereocenters. The fourth-order valence-corrected chi connectivity index (χ4v) is 3.72. The van der Waals surface area contributed by atoms with E-state index >= 15 is 0 Å². The van der Waals surface area contributed by atoms with E-state index in [0.29, 0.717) is 6.42 Å². The summed E-state index contributed by atoms with van der Waals surface area (Å²) in [6.07, 6.45) is 6.52. The summed E-state index contributed by atoms with van der Waals surface area (Å²) in [5, 5.41) is 6.73. The third kappa shape index (κ3) is 6.79. The van der Waals surface area contributed by atoms with Crippen molar-refractivity contribution in [1.29, 1.82) is 0 Å². The van der Waals surface area contributed by atoms with Gasteiger partial charge in [0.25, 0.3) is 0 Å². The summed E-state index contributed by atoms with van der Waals surface area (Å²) < 4.78 is 0. The number of aliphatic imine (C=N–C) groups is 1. The second-order valence-corrected chi connectivity index (χ2v) is 8.30. The van der Waals surface area contributed by atoms with Gasteiger partial charge < -0.3 is 10.6 Å². The average molecular weight is 444 g/mol. The van der Waals surface area contributed by atoms with Gasteiger partial charge in [0.05, 0.1) is 11.4 Å². The summed E-state index contributed by atoms with van der Waals surface area (Å²) in [4.78, 5) is 16.9. The highest BCUT2D eigenvalue weighted by molar-refractivity contribution is 6.03. The van der Waals surface area contributed by atoms with E-state index in [4.69, 9.17) is 4.99 Å². The zero-order valence-electron chi connectivity index (χ0n) is 21.3. The molecule has 0 aliphatic heterocycles. The number of allylic oxidation sites excluding steroid dienone is 5. The first-order chi connectivity index (χ1) is 15.7. The van der Waals surface area contributed by atoms with E-state index in [0.717, 1.165) is 50.6 Å². The van der Waals surface area contributed by atoms with Crippen LogP contribution in [0.15, 0.2) is 71.0 Å². The highest BCUT2D eigenvalue weighted by Crippen LogP contribution is 2.23. The summed E-state index contributed by atoms with van der Waals surface area (Å²) in [5.74, 6) is 0.163. The van der Waals surface area contributed by atoms with Crippen molar-refractivity contribution in [2.24, 2.45) is 4.99 Å². The Hall–Kier alpha value is -3.40. The first kappa shape index (κ1) is 25.9. The van der Waals surface area contributed by atoms with Gasteiger partial charge in [0.15, 0.2) is 5.78 Å². The number of carbonyl (C=O) groups is 1. The Labute approximate surface area is 199 Å². The zero-order valence-corrected chi connectivity index (χ0v) is 21.3. The molecule has 0 spiro atoms. The van der Waals surface area contributed by atoms with Gasteiger partial charge >= 0.3 is 0 Å². The Bertz CT molecular complexity index is 1130. The van der Waals surface area contributed by atoms with Gasteiger partial charge in [-0.1, -0.05) is 25.1 Å². The monoisotopic (exact) mass is 443 g/mol. The molecule has 2 aromatic carbocycles. The summed E-state index contributed by atoms with van der Waals surface area (Å²) in [7, 11) is 1.93. The summed E-state index contributed by atoms with van der Waals surface area (Å²) >= 11 is 0. The van der Waals surface area contributed by atoms with Crippen molar-refractivity contribution >= 4 is 28.4 Å². The number of hydrogen-bond donors (Lipinski definition) is 2. The van der Waals surface area contributed by atoms with Crippen molar-refractivity contribution in [3.8, 4) is 0 Å². The van der Waals surface area contributed by atoms with Crippen molar-refractivity contribution in [3.63, 3.8) is 0 Å². The molecule has 2 N–H and O–H groups in total. The van der Waals surface area contributed by atoms with Crippen molar-refractivity contribution in [2.75, 3.05) is 17.7 Å². The van der Waals surface area contributed by atoms with Crippen LogP contribution in [0.1, 0.15) is 68.1 Å². The molecule has 0 amide bonds. The van der Waals surface area contributed by atoms with Crippen LogP contribution in [-0.4, -0.2) is 18.5 Å². The van der Waals surface area contributed by atoms with Crippen LogP contribution >= 0.6 is 0 Å². The standard InChI is InChI=1S/C29H37N3O/c1-9-11-19(3)29(32-25-13-14-26(20(4)17-25)28(33)10-2)23(7)31-18-22(6)24-12-15-27(30-8)21(5)16-24/h9,11-18,30,32H,10H2,1-8H3/b11-9-,22-18+,29-19+,31-23+. The van der Waals surface area contributed by atoms with Gasteiger partial charge in [0, 0.05) is 36.6 Å². The molecule has 0 radical (unpaired) electrons. The fraction of sp³-hybridized carbons (Fsp3) is 0.310. The smallest absolute Gasteiger partial charge is 0.162 e. The number of nitrogens with zero attached hydrogens (tertiary/aromatic N) is 1. The molecule has 0 bridgehead atoms. The minimum atomic E-state index is 0.163. The molecule has 0 saturated heterocycles. The molecule has 0 heterocycles. The number of carbonyl (C=O) groups excluding carboxylic acids is 1. The Morgan fingerprint density at radius 3 is 2.33 bits per heavy atom. The van der Waals surface area contributed by atoms with Crippen molar-refractivity contribution in [2.45, 2.75) is 54.9 Å². The molecule has 0 aromatic heterocycles. The number of hydrogen-bond acceptors (Lipinski definition) is 4. The van der Waals surface area contributed by atoms with Crippen LogP contribution < -0.4 is 10.6 Å². The van der Waals surface area contributed by atoms with E-state index in [1.54, 1.807) is 0 Å². The SMILES string of the molecule is C\C=C/C(C)=C(Nc1ccc(C(=O)CC)c(C)c1)\C(C)=N\C=C(/C)c1ccc(NC)c(C)c1. The first-order valence-corrected chi connectivity index (χ1v) is 11.5. The van der Waals surface area contributed by atoms with E-state index in [1.807, 2.05) is 65.2 Å². The number of Topliss-reactive ketones (excluding diaryl/α,β-unsaturated/α-hetero) is 1. The Balaban J connectivity index is 2.38. The quantitative estimate of drug-likeness (QED) is 0.237. The molecule has 2 aromatic rings. The minimum Gasteiger partial charge on any atom is -0.388 e. The number of aryl methyl sites for hydroxylation is 2. The van der Waals surface area contributed by atoms with Crippen molar-refractivity contribution in [3.05, 3.63) is 88.3 Å². The maximum atomic E-state index is 12.1. The molecule has 2 rings (SSSR count). The van der Waals surface area contributed by atoms with Gasteiger partial charge in [-0.2, -0.15) is 0 Å². The molecule has 0 unspecified atom stereocenters. The molecular formula is C29H37N3O. The minimum absolute atomic E-state index is 0.163. The Kier molecular flexibility index (Phi) is 9.41. The molecule has 4 nitrogen and oxygen atoms in total. The number of rotatable bonds is 9. The maximum absolute atomic E-state index is 12.1. The lowest BCUT2D eigenvalue weighted by atomic mass is 10.0. The average Bonchev–Trinajstić information content (AvgIpc) is 2.80. The molecule has 0 fully saturated rings. The van der Waals surface area contributed by atoms with Crippen LogP contribution in [-0.2, 0) is 0 Å².